The highest BCUT2D eigenvalue weighted by Gasteiger charge is 2.15. The normalized spacial score (nSPS) is 12.7. The predicted octanol–water partition coefficient (Wildman–Crippen LogP) is 0.235. The highest BCUT2D eigenvalue weighted by atomic mass is 19.2. The lowest BCUT2D eigenvalue weighted by molar-refractivity contribution is 0.494. The molecule has 1 atom stereocenters. The van der Waals surface area contributed by atoms with Crippen LogP contribution in [0.25, 0.3) is 0 Å². The number of nitrogens with two attached hydrogens (primary N) is 1. The molecule has 2 aromatic rings. The molecule has 1 aromatic carbocycles. The first kappa shape index (κ1) is 12.5. The van der Waals surface area contributed by atoms with Crippen molar-refractivity contribution in [2.45, 2.75) is 12.5 Å². The summed E-state index contributed by atoms with van der Waals surface area (Å²) in [6, 6.07) is 3.19. The van der Waals surface area contributed by atoms with Crippen molar-refractivity contribution in [2.24, 2.45) is 12.9 Å². The van der Waals surface area contributed by atoms with Crippen LogP contribution in [0.3, 0.4) is 0 Å². The van der Waals surface area contributed by atoms with Crippen molar-refractivity contribution in [1.82, 2.24) is 25.6 Å². The Kier molecular flexibility index (Phi) is 3.58. The third-order valence-corrected chi connectivity index (χ3v) is 2.48. The molecule has 0 bridgehead atoms. The van der Waals surface area contributed by atoms with Gasteiger partial charge in [-0.25, -0.2) is 8.78 Å². The molecule has 0 amide bonds. The number of aromatic nitrogens is 4. The highest BCUT2D eigenvalue weighted by Crippen LogP contribution is 2.18. The van der Waals surface area contributed by atoms with Gasteiger partial charge in [0.15, 0.2) is 17.5 Å². The molecule has 1 aromatic heterocycles. The highest BCUT2D eigenvalue weighted by molar-refractivity contribution is 5.22. The van der Waals surface area contributed by atoms with Crippen LogP contribution in [0.15, 0.2) is 18.2 Å². The number of hydrazine groups is 1. The van der Waals surface area contributed by atoms with E-state index in [1.54, 1.807) is 7.05 Å². The van der Waals surface area contributed by atoms with Gasteiger partial charge in [-0.3, -0.25) is 11.3 Å². The van der Waals surface area contributed by atoms with E-state index in [-0.39, 0.29) is 0 Å². The van der Waals surface area contributed by atoms with Crippen LogP contribution in [0.2, 0.25) is 0 Å². The Bertz CT molecular complexity index is 541. The standard InChI is InChI=1S/C10H12F2N6/c1-18-16-10(15-17-18)5-9(14-13)6-2-3-7(11)8(12)4-6/h2-4,9,14H,5,13H2,1H3. The zero-order valence-corrected chi connectivity index (χ0v) is 9.64. The third-order valence-electron chi connectivity index (χ3n) is 2.48. The minimum atomic E-state index is -0.917. The lowest BCUT2D eigenvalue weighted by Crippen LogP contribution is -2.30. The Morgan fingerprint density at radius 1 is 1.39 bits per heavy atom. The van der Waals surface area contributed by atoms with Crippen LogP contribution >= 0.6 is 0 Å². The summed E-state index contributed by atoms with van der Waals surface area (Å²) in [6.07, 6.45) is 0.329. The summed E-state index contributed by atoms with van der Waals surface area (Å²) in [6.45, 7) is 0. The lowest BCUT2D eigenvalue weighted by atomic mass is 10.0. The molecule has 0 saturated carbocycles. The van der Waals surface area contributed by atoms with Crippen molar-refractivity contribution < 1.29 is 8.78 Å². The van der Waals surface area contributed by atoms with Crippen molar-refractivity contribution in [1.29, 1.82) is 0 Å². The molecular formula is C10H12F2N6. The van der Waals surface area contributed by atoms with Gasteiger partial charge in [0.1, 0.15) is 0 Å². The summed E-state index contributed by atoms with van der Waals surface area (Å²) >= 11 is 0. The zero-order chi connectivity index (χ0) is 13.1. The molecule has 2 rings (SSSR count). The van der Waals surface area contributed by atoms with Crippen LogP contribution in [0.1, 0.15) is 17.4 Å². The molecule has 1 unspecified atom stereocenters. The fourth-order valence-corrected chi connectivity index (χ4v) is 1.59. The van der Waals surface area contributed by atoms with Crippen LogP contribution < -0.4 is 11.3 Å². The van der Waals surface area contributed by atoms with E-state index in [2.05, 4.69) is 20.8 Å². The summed E-state index contributed by atoms with van der Waals surface area (Å²) in [7, 11) is 1.64. The van der Waals surface area contributed by atoms with Crippen LogP contribution in [-0.4, -0.2) is 20.2 Å². The fraction of sp³-hybridized carbons (Fsp3) is 0.300. The van der Waals surface area contributed by atoms with Gasteiger partial charge in [0.25, 0.3) is 0 Å². The van der Waals surface area contributed by atoms with Gasteiger partial charge in [-0.2, -0.15) is 4.80 Å². The van der Waals surface area contributed by atoms with Crippen LogP contribution in [0, 0.1) is 11.6 Å². The Hall–Kier alpha value is -1.93. The molecule has 6 nitrogen and oxygen atoms in total. The first-order chi connectivity index (χ1) is 8.60. The second-order valence-electron chi connectivity index (χ2n) is 3.79. The van der Waals surface area contributed by atoms with E-state index >= 15 is 0 Å². The molecule has 96 valence electrons. The van der Waals surface area contributed by atoms with Crippen molar-refractivity contribution in [3.8, 4) is 0 Å². The average Bonchev–Trinajstić information content (AvgIpc) is 2.75. The number of halogens is 2. The number of benzene rings is 1. The van der Waals surface area contributed by atoms with Gasteiger partial charge in [-0.1, -0.05) is 6.07 Å². The van der Waals surface area contributed by atoms with E-state index in [1.165, 1.54) is 10.9 Å². The van der Waals surface area contributed by atoms with Crippen molar-refractivity contribution in [3.05, 3.63) is 41.2 Å². The van der Waals surface area contributed by atoms with Gasteiger partial charge < -0.3 is 0 Å². The largest absolute Gasteiger partial charge is 0.271 e. The third kappa shape index (κ3) is 2.66. The van der Waals surface area contributed by atoms with Gasteiger partial charge in [0.2, 0.25) is 0 Å². The molecule has 1 heterocycles. The van der Waals surface area contributed by atoms with E-state index in [0.29, 0.717) is 17.8 Å². The summed E-state index contributed by atoms with van der Waals surface area (Å²) in [5.74, 6) is 4.05. The molecule has 0 aliphatic heterocycles. The van der Waals surface area contributed by atoms with Crippen LogP contribution in [0.4, 0.5) is 8.78 Å². The first-order valence-electron chi connectivity index (χ1n) is 5.24. The molecule has 0 radical (unpaired) electrons. The fourth-order valence-electron chi connectivity index (χ4n) is 1.59. The van der Waals surface area contributed by atoms with E-state index < -0.39 is 17.7 Å². The minimum absolute atomic E-state index is 0.329. The maximum atomic E-state index is 13.1. The molecule has 0 saturated heterocycles. The zero-order valence-electron chi connectivity index (χ0n) is 9.64. The Labute approximate surface area is 102 Å². The molecular weight excluding hydrogens is 242 g/mol. The molecule has 0 aliphatic carbocycles. The number of nitrogens with one attached hydrogen (secondary N) is 1. The van der Waals surface area contributed by atoms with E-state index in [0.717, 1.165) is 12.1 Å². The quantitative estimate of drug-likeness (QED) is 0.603. The SMILES string of the molecule is Cn1nnc(CC(NN)c2ccc(F)c(F)c2)n1. The van der Waals surface area contributed by atoms with Crippen LogP contribution in [0.5, 0.6) is 0 Å². The van der Waals surface area contributed by atoms with Gasteiger partial charge in [0.05, 0.1) is 13.1 Å². The van der Waals surface area contributed by atoms with Gasteiger partial charge in [-0.05, 0) is 22.9 Å². The van der Waals surface area contributed by atoms with Crippen molar-refractivity contribution in [2.75, 3.05) is 0 Å². The van der Waals surface area contributed by atoms with Crippen LogP contribution in [-0.2, 0) is 13.5 Å². The summed E-state index contributed by atoms with van der Waals surface area (Å²) < 4.78 is 26.0. The molecule has 8 heteroatoms. The molecule has 3 N–H and O–H groups in total. The second kappa shape index (κ2) is 5.15. The molecule has 18 heavy (non-hydrogen) atoms. The van der Waals surface area contributed by atoms with E-state index in [4.69, 9.17) is 5.84 Å². The molecule has 0 fully saturated rings. The smallest absolute Gasteiger partial charge is 0.176 e. The summed E-state index contributed by atoms with van der Waals surface area (Å²) in [5, 5.41) is 11.5. The first-order valence-corrected chi connectivity index (χ1v) is 5.24. The number of aryl methyl sites for hydroxylation is 1. The van der Waals surface area contributed by atoms with E-state index in [9.17, 15) is 8.78 Å². The topological polar surface area (TPSA) is 81.7 Å². The number of hydrogen-bond acceptors (Lipinski definition) is 5. The predicted molar refractivity (Wildman–Crippen MR) is 58.9 cm³/mol. The Morgan fingerprint density at radius 2 is 2.17 bits per heavy atom. The number of nitrogens with zero attached hydrogens (tertiary/aromatic N) is 4. The molecule has 0 aliphatic rings. The number of rotatable bonds is 4. The maximum absolute atomic E-state index is 13.1. The maximum Gasteiger partial charge on any atom is 0.176 e. The lowest BCUT2D eigenvalue weighted by Gasteiger charge is -2.14. The number of tetrazole rings is 1. The van der Waals surface area contributed by atoms with Crippen molar-refractivity contribution in [3.63, 3.8) is 0 Å². The average molecular weight is 254 g/mol. The Morgan fingerprint density at radius 3 is 2.72 bits per heavy atom. The Balaban J connectivity index is 2.19. The monoisotopic (exact) mass is 254 g/mol. The van der Waals surface area contributed by atoms with E-state index in [1.807, 2.05) is 0 Å². The van der Waals surface area contributed by atoms with Crippen molar-refractivity contribution >= 4 is 0 Å². The van der Waals surface area contributed by atoms with Gasteiger partial charge in [-0.15, -0.1) is 10.2 Å². The minimum Gasteiger partial charge on any atom is -0.271 e. The number of hydrogen-bond donors (Lipinski definition) is 2. The van der Waals surface area contributed by atoms with Gasteiger partial charge >= 0.3 is 0 Å². The van der Waals surface area contributed by atoms with Gasteiger partial charge in [0, 0.05) is 6.42 Å². The molecule has 0 spiro atoms. The summed E-state index contributed by atoms with van der Waals surface area (Å²) in [5.41, 5.74) is 3.03. The summed E-state index contributed by atoms with van der Waals surface area (Å²) in [4.78, 5) is 1.31. The second-order valence-corrected chi connectivity index (χ2v) is 3.79.